The standard InChI is InChI=1S/C11H15ClO5S2/c1-2-3-4-16-5-6-17-11(13)9-7-10(18-8-9)19(12,14)15/h7-8H,2-6H2,1H3. The summed E-state index contributed by atoms with van der Waals surface area (Å²) in [6.45, 7) is 3.17. The molecule has 0 fully saturated rings. The molecule has 0 amide bonds. The second kappa shape index (κ2) is 7.84. The van der Waals surface area contributed by atoms with Crippen molar-refractivity contribution in [3.63, 3.8) is 0 Å². The van der Waals surface area contributed by atoms with Crippen LogP contribution in [0.2, 0.25) is 0 Å². The Labute approximate surface area is 120 Å². The van der Waals surface area contributed by atoms with Gasteiger partial charge in [0.2, 0.25) is 0 Å². The Kier molecular flexibility index (Phi) is 6.78. The molecule has 5 nitrogen and oxygen atoms in total. The number of esters is 1. The third-order valence-corrected chi connectivity index (χ3v) is 5.19. The molecule has 0 aliphatic carbocycles. The van der Waals surface area contributed by atoms with Crippen molar-refractivity contribution in [1.29, 1.82) is 0 Å². The summed E-state index contributed by atoms with van der Waals surface area (Å²) in [5, 5.41) is 1.40. The number of hydrogen-bond acceptors (Lipinski definition) is 6. The fourth-order valence-corrected chi connectivity index (χ4v) is 3.11. The maximum Gasteiger partial charge on any atom is 0.339 e. The van der Waals surface area contributed by atoms with Gasteiger partial charge in [-0.25, -0.2) is 13.2 Å². The normalized spacial score (nSPS) is 11.5. The molecule has 0 aromatic carbocycles. The summed E-state index contributed by atoms with van der Waals surface area (Å²) >= 11 is 0.883. The van der Waals surface area contributed by atoms with Crippen LogP contribution in [0.1, 0.15) is 30.1 Å². The Balaban J connectivity index is 2.36. The third kappa shape index (κ3) is 5.90. The number of thiophene rings is 1. The first-order chi connectivity index (χ1) is 8.95. The lowest BCUT2D eigenvalue weighted by Crippen LogP contribution is -2.10. The van der Waals surface area contributed by atoms with Gasteiger partial charge in [-0.2, -0.15) is 0 Å². The van der Waals surface area contributed by atoms with Crippen LogP contribution < -0.4 is 0 Å². The summed E-state index contributed by atoms with van der Waals surface area (Å²) in [6.07, 6.45) is 2.01. The van der Waals surface area contributed by atoms with E-state index in [1.807, 2.05) is 0 Å². The van der Waals surface area contributed by atoms with Crippen LogP contribution in [0.5, 0.6) is 0 Å². The van der Waals surface area contributed by atoms with Crippen molar-refractivity contribution < 1.29 is 22.7 Å². The number of unbranched alkanes of at least 4 members (excludes halogenated alkanes) is 1. The van der Waals surface area contributed by atoms with E-state index in [1.54, 1.807) is 0 Å². The van der Waals surface area contributed by atoms with Crippen molar-refractivity contribution in [1.82, 2.24) is 0 Å². The average Bonchev–Trinajstić information content (AvgIpc) is 2.82. The SMILES string of the molecule is CCCCOCCOC(=O)c1csc(S(=O)(=O)Cl)c1. The van der Waals surface area contributed by atoms with Crippen LogP contribution in [0, 0.1) is 0 Å². The van der Waals surface area contributed by atoms with Gasteiger partial charge in [0, 0.05) is 22.7 Å². The lowest BCUT2D eigenvalue weighted by Gasteiger charge is -2.04. The molecule has 0 aliphatic heterocycles. The van der Waals surface area contributed by atoms with Crippen LogP contribution in [0.15, 0.2) is 15.7 Å². The van der Waals surface area contributed by atoms with E-state index in [2.05, 4.69) is 6.92 Å². The molecule has 8 heteroatoms. The Morgan fingerprint density at radius 2 is 2.11 bits per heavy atom. The summed E-state index contributed by atoms with van der Waals surface area (Å²) < 4.78 is 32.2. The van der Waals surface area contributed by atoms with Crippen molar-refractivity contribution >= 4 is 37.0 Å². The molecule has 1 rings (SSSR count). The van der Waals surface area contributed by atoms with E-state index >= 15 is 0 Å². The number of hydrogen-bond donors (Lipinski definition) is 0. The minimum Gasteiger partial charge on any atom is -0.460 e. The Bertz CT molecular complexity index is 509. The Hall–Kier alpha value is -0.630. The minimum atomic E-state index is -3.79. The van der Waals surface area contributed by atoms with E-state index in [9.17, 15) is 13.2 Å². The molecule has 0 saturated heterocycles. The molecule has 0 N–H and O–H groups in total. The summed E-state index contributed by atoms with van der Waals surface area (Å²) in [5.74, 6) is -0.582. The molecule has 108 valence electrons. The van der Waals surface area contributed by atoms with Crippen LogP contribution >= 0.6 is 22.0 Å². The van der Waals surface area contributed by atoms with Crippen molar-refractivity contribution in [2.24, 2.45) is 0 Å². The van der Waals surface area contributed by atoms with Crippen LogP contribution in [-0.4, -0.2) is 34.2 Å². The maximum absolute atomic E-state index is 11.6. The van der Waals surface area contributed by atoms with Crippen LogP contribution in [0.4, 0.5) is 0 Å². The highest BCUT2D eigenvalue weighted by Crippen LogP contribution is 2.24. The summed E-state index contributed by atoms with van der Waals surface area (Å²) in [5.41, 5.74) is 0.179. The topological polar surface area (TPSA) is 69.7 Å². The molecule has 0 atom stereocenters. The van der Waals surface area contributed by atoms with E-state index in [0.717, 1.165) is 24.2 Å². The Morgan fingerprint density at radius 3 is 2.68 bits per heavy atom. The molecule has 0 bridgehead atoms. The fourth-order valence-electron chi connectivity index (χ4n) is 1.18. The quantitative estimate of drug-likeness (QED) is 0.417. The second-order valence-electron chi connectivity index (χ2n) is 3.69. The van der Waals surface area contributed by atoms with Gasteiger partial charge in [-0.15, -0.1) is 11.3 Å². The van der Waals surface area contributed by atoms with E-state index < -0.39 is 15.0 Å². The van der Waals surface area contributed by atoms with Gasteiger partial charge in [-0.05, 0) is 12.5 Å². The zero-order chi connectivity index (χ0) is 14.3. The largest absolute Gasteiger partial charge is 0.460 e. The summed E-state index contributed by atoms with van der Waals surface area (Å²) in [7, 11) is 1.37. The molecular weight excluding hydrogens is 312 g/mol. The lowest BCUT2D eigenvalue weighted by atomic mass is 10.3. The number of halogens is 1. The third-order valence-electron chi connectivity index (χ3n) is 2.15. The molecule has 0 saturated carbocycles. The smallest absolute Gasteiger partial charge is 0.339 e. The van der Waals surface area contributed by atoms with Gasteiger partial charge in [-0.1, -0.05) is 13.3 Å². The summed E-state index contributed by atoms with van der Waals surface area (Å²) in [6, 6.07) is 1.20. The van der Waals surface area contributed by atoms with Crippen LogP contribution in [0.25, 0.3) is 0 Å². The van der Waals surface area contributed by atoms with E-state index in [4.69, 9.17) is 20.2 Å². The zero-order valence-electron chi connectivity index (χ0n) is 10.4. The number of ether oxygens (including phenoxy) is 2. The molecule has 0 aliphatic rings. The molecule has 1 aromatic rings. The minimum absolute atomic E-state index is 0.0692. The number of carbonyl (C=O) groups is 1. The van der Waals surface area contributed by atoms with Crippen molar-refractivity contribution in [3.05, 3.63) is 17.0 Å². The van der Waals surface area contributed by atoms with Gasteiger partial charge in [0.15, 0.2) is 0 Å². The second-order valence-corrected chi connectivity index (χ2v) is 7.40. The fraction of sp³-hybridized carbons (Fsp3) is 0.545. The predicted molar refractivity (Wildman–Crippen MR) is 73.4 cm³/mol. The number of rotatable bonds is 8. The molecular formula is C11H15ClO5S2. The van der Waals surface area contributed by atoms with E-state index in [1.165, 1.54) is 11.4 Å². The van der Waals surface area contributed by atoms with E-state index in [0.29, 0.717) is 13.2 Å². The number of carbonyl (C=O) groups excluding carboxylic acids is 1. The first kappa shape index (κ1) is 16.4. The van der Waals surface area contributed by atoms with Crippen molar-refractivity contribution in [3.8, 4) is 0 Å². The predicted octanol–water partition coefficient (Wildman–Crippen LogP) is 2.65. The highest BCUT2D eigenvalue weighted by molar-refractivity contribution is 8.15. The first-order valence-electron chi connectivity index (χ1n) is 5.73. The van der Waals surface area contributed by atoms with Gasteiger partial charge < -0.3 is 9.47 Å². The molecule has 0 unspecified atom stereocenters. The average molecular weight is 327 g/mol. The Morgan fingerprint density at radius 1 is 1.37 bits per heavy atom. The highest BCUT2D eigenvalue weighted by Gasteiger charge is 2.17. The monoisotopic (exact) mass is 326 g/mol. The van der Waals surface area contributed by atoms with Crippen molar-refractivity contribution in [2.45, 2.75) is 24.0 Å². The highest BCUT2D eigenvalue weighted by atomic mass is 35.7. The molecule has 1 heterocycles. The summed E-state index contributed by atoms with van der Waals surface area (Å²) in [4.78, 5) is 11.6. The molecule has 19 heavy (non-hydrogen) atoms. The van der Waals surface area contributed by atoms with Gasteiger partial charge in [0.1, 0.15) is 10.8 Å². The van der Waals surface area contributed by atoms with Crippen LogP contribution in [0.3, 0.4) is 0 Å². The molecule has 0 radical (unpaired) electrons. The zero-order valence-corrected chi connectivity index (χ0v) is 12.8. The van der Waals surface area contributed by atoms with Gasteiger partial charge >= 0.3 is 5.97 Å². The first-order valence-corrected chi connectivity index (χ1v) is 8.92. The van der Waals surface area contributed by atoms with Crippen LogP contribution in [-0.2, 0) is 18.5 Å². The van der Waals surface area contributed by atoms with Gasteiger partial charge in [0.25, 0.3) is 9.05 Å². The van der Waals surface area contributed by atoms with Gasteiger partial charge in [-0.3, -0.25) is 0 Å². The lowest BCUT2D eigenvalue weighted by molar-refractivity contribution is 0.0314. The van der Waals surface area contributed by atoms with E-state index in [-0.39, 0.29) is 16.4 Å². The van der Waals surface area contributed by atoms with Gasteiger partial charge in [0.05, 0.1) is 12.2 Å². The van der Waals surface area contributed by atoms with Crippen molar-refractivity contribution in [2.75, 3.05) is 19.8 Å². The molecule has 1 aromatic heterocycles. The maximum atomic E-state index is 11.6. The molecule has 0 spiro atoms.